The second-order valence-corrected chi connectivity index (χ2v) is 6.18. The Morgan fingerprint density at radius 1 is 1.17 bits per heavy atom. The van der Waals surface area contributed by atoms with Crippen molar-refractivity contribution in [2.75, 3.05) is 13.1 Å². The molecule has 1 aromatic carbocycles. The van der Waals surface area contributed by atoms with Gasteiger partial charge in [-0.05, 0) is 40.2 Å². The van der Waals surface area contributed by atoms with Gasteiger partial charge in [-0.3, -0.25) is 4.79 Å². The van der Waals surface area contributed by atoms with Crippen LogP contribution >= 0.6 is 15.9 Å². The Morgan fingerprint density at radius 3 is 2.78 bits per heavy atom. The van der Waals surface area contributed by atoms with Gasteiger partial charge in [0.2, 0.25) is 5.88 Å². The minimum atomic E-state index is -0.123. The summed E-state index contributed by atoms with van der Waals surface area (Å²) in [6, 6.07) is 15.1. The summed E-state index contributed by atoms with van der Waals surface area (Å²) < 4.78 is 11.7. The first-order valence-electron chi connectivity index (χ1n) is 7.26. The molecule has 0 unspecified atom stereocenters. The van der Waals surface area contributed by atoms with Gasteiger partial charge in [0.05, 0.1) is 18.6 Å². The quantitative estimate of drug-likeness (QED) is 0.705. The van der Waals surface area contributed by atoms with E-state index in [1.165, 1.54) is 0 Å². The fraction of sp³-hybridized carbons (Fsp3) is 0.176. The van der Waals surface area contributed by atoms with E-state index >= 15 is 0 Å². The first-order valence-corrected chi connectivity index (χ1v) is 8.05. The molecule has 1 saturated heterocycles. The van der Waals surface area contributed by atoms with Gasteiger partial charge in [-0.2, -0.15) is 0 Å². The monoisotopic (exact) mass is 372 g/mol. The van der Waals surface area contributed by atoms with Gasteiger partial charge >= 0.3 is 0 Å². The highest BCUT2D eigenvalue weighted by Gasteiger charge is 2.34. The Kier molecular flexibility index (Phi) is 3.53. The van der Waals surface area contributed by atoms with Gasteiger partial charge in [0.1, 0.15) is 6.10 Å². The molecule has 1 aliphatic heterocycles. The second-order valence-electron chi connectivity index (χ2n) is 5.40. The molecule has 0 radical (unpaired) electrons. The molecule has 0 atom stereocenters. The lowest BCUT2D eigenvalue weighted by atomic mass is 10.1. The number of hydrogen-bond donors (Lipinski definition) is 0. The average Bonchev–Trinajstić information content (AvgIpc) is 2.96. The molecule has 23 heavy (non-hydrogen) atoms. The number of para-hydroxylation sites is 1. The summed E-state index contributed by atoms with van der Waals surface area (Å²) in [6.07, 6.45) is -0.0361. The number of carbonyl (C=O) groups is 1. The molecule has 4 rings (SSSR count). The van der Waals surface area contributed by atoms with Crippen LogP contribution in [0.25, 0.3) is 10.9 Å². The van der Waals surface area contributed by atoms with Crippen LogP contribution in [0.15, 0.2) is 57.6 Å². The van der Waals surface area contributed by atoms with Gasteiger partial charge < -0.3 is 14.1 Å². The van der Waals surface area contributed by atoms with E-state index < -0.39 is 0 Å². The number of aromatic nitrogens is 1. The third kappa shape index (κ3) is 2.82. The van der Waals surface area contributed by atoms with Crippen molar-refractivity contribution in [1.82, 2.24) is 9.88 Å². The van der Waals surface area contributed by atoms with Crippen molar-refractivity contribution in [1.29, 1.82) is 0 Å². The molecule has 0 saturated carbocycles. The van der Waals surface area contributed by atoms with Gasteiger partial charge in [-0.15, -0.1) is 0 Å². The summed E-state index contributed by atoms with van der Waals surface area (Å²) in [5.74, 6) is 0.794. The van der Waals surface area contributed by atoms with Crippen LogP contribution in [0.4, 0.5) is 0 Å². The highest BCUT2D eigenvalue weighted by Crippen LogP contribution is 2.22. The number of rotatable bonds is 3. The number of hydrogen-bond acceptors (Lipinski definition) is 4. The number of halogens is 1. The molecule has 3 heterocycles. The number of amides is 1. The van der Waals surface area contributed by atoms with E-state index in [1.807, 2.05) is 36.4 Å². The number of ether oxygens (including phenoxy) is 1. The molecule has 5 nitrogen and oxygen atoms in total. The molecule has 0 spiro atoms. The predicted octanol–water partition coefficient (Wildman–Crippen LogP) is 3.49. The number of fused-ring (bicyclic) bond motifs is 1. The summed E-state index contributed by atoms with van der Waals surface area (Å²) in [5.41, 5.74) is 0.901. The highest BCUT2D eigenvalue weighted by atomic mass is 79.9. The number of furan rings is 1. The smallest absolute Gasteiger partial charge is 0.289 e. The zero-order chi connectivity index (χ0) is 15.8. The van der Waals surface area contributed by atoms with Crippen LogP contribution in [0.5, 0.6) is 5.88 Å². The van der Waals surface area contributed by atoms with Gasteiger partial charge in [0.15, 0.2) is 10.4 Å². The molecular weight excluding hydrogens is 360 g/mol. The van der Waals surface area contributed by atoms with E-state index in [-0.39, 0.29) is 12.0 Å². The first-order chi connectivity index (χ1) is 11.2. The van der Waals surface area contributed by atoms with E-state index in [0.29, 0.717) is 29.4 Å². The van der Waals surface area contributed by atoms with Crippen molar-refractivity contribution < 1.29 is 13.9 Å². The predicted molar refractivity (Wildman–Crippen MR) is 88.5 cm³/mol. The fourth-order valence-corrected chi connectivity index (χ4v) is 2.85. The second kappa shape index (κ2) is 5.70. The number of carbonyl (C=O) groups excluding carboxylic acids is 1. The molecule has 1 aliphatic rings. The van der Waals surface area contributed by atoms with Crippen LogP contribution in [-0.2, 0) is 0 Å². The summed E-state index contributed by atoms with van der Waals surface area (Å²) in [7, 11) is 0. The number of benzene rings is 1. The van der Waals surface area contributed by atoms with Crippen LogP contribution < -0.4 is 4.74 Å². The Bertz CT molecular complexity index is 871. The molecule has 0 bridgehead atoms. The SMILES string of the molecule is O=C(c1ccc(Br)o1)N1CC(Oc2ccc3ccccc3n2)C1. The van der Waals surface area contributed by atoms with Crippen LogP contribution in [0, 0.1) is 0 Å². The Morgan fingerprint density at radius 2 is 2.00 bits per heavy atom. The molecule has 116 valence electrons. The topological polar surface area (TPSA) is 55.6 Å². The Hall–Kier alpha value is -2.34. The largest absolute Gasteiger partial charge is 0.471 e. The Labute approximate surface area is 141 Å². The minimum Gasteiger partial charge on any atom is -0.471 e. The van der Waals surface area contributed by atoms with Crippen molar-refractivity contribution in [3.8, 4) is 5.88 Å². The summed E-state index contributed by atoms with van der Waals surface area (Å²) in [5, 5.41) is 1.08. The lowest BCUT2D eigenvalue weighted by Crippen LogP contribution is -2.56. The lowest BCUT2D eigenvalue weighted by Gasteiger charge is -2.38. The molecule has 0 N–H and O–H groups in total. The third-order valence-corrected chi connectivity index (χ3v) is 4.21. The maximum absolute atomic E-state index is 12.2. The maximum atomic E-state index is 12.2. The van der Waals surface area contributed by atoms with Crippen molar-refractivity contribution in [3.63, 3.8) is 0 Å². The van der Waals surface area contributed by atoms with Gasteiger partial charge in [-0.1, -0.05) is 18.2 Å². The lowest BCUT2D eigenvalue weighted by molar-refractivity contribution is 0.0138. The van der Waals surface area contributed by atoms with E-state index in [9.17, 15) is 4.79 Å². The van der Waals surface area contributed by atoms with Crippen LogP contribution in [0.1, 0.15) is 10.6 Å². The van der Waals surface area contributed by atoms with Crippen molar-refractivity contribution in [2.45, 2.75) is 6.10 Å². The number of nitrogens with zero attached hydrogens (tertiary/aromatic N) is 2. The summed E-state index contributed by atoms with van der Waals surface area (Å²) in [6.45, 7) is 1.07. The van der Waals surface area contributed by atoms with Crippen molar-refractivity contribution in [3.05, 3.63) is 59.0 Å². The average molecular weight is 373 g/mol. The van der Waals surface area contributed by atoms with Gasteiger partial charge in [-0.25, -0.2) is 4.98 Å². The molecule has 2 aromatic heterocycles. The normalized spacial score (nSPS) is 14.7. The summed E-state index contributed by atoms with van der Waals surface area (Å²) in [4.78, 5) is 18.3. The minimum absolute atomic E-state index is 0.0361. The standard InChI is InChI=1S/C17H13BrN2O3/c18-15-7-6-14(23-15)17(21)20-9-12(10-20)22-16-8-5-11-3-1-2-4-13(11)19-16/h1-8,12H,9-10H2. The van der Waals surface area contributed by atoms with E-state index in [4.69, 9.17) is 9.15 Å². The van der Waals surface area contributed by atoms with Crippen molar-refractivity contribution >= 4 is 32.7 Å². The maximum Gasteiger partial charge on any atom is 0.289 e. The molecule has 3 aromatic rings. The zero-order valence-electron chi connectivity index (χ0n) is 12.1. The van der Waals surface area contributed by atoms with Crippen LogP contribution in [0.2, 0.25) is 0 Å². The summed E-state index contributed by atoms with van der Waals surface area (Å²) >= 11 is 3.19. The molecule has 6 heteroatoms. The third-order valence-electron chi connectivity index (χ3n) is 3.78. The van der Waals surface area contributed by atoms with Gasteiger partial charge in [0, 0.05) is 11.5 Å². The molecule has 1 fully saturated rings. The first kappa shape index (κ1) is 14.3. The van der Waals surface area contributed by atoms with E-state index in [0.717, 1.165) is 10.9 Å². The van der Waals surface area contributed by atoms with E-state index in [2.05, 4.69) is 20.9 Å². The number of likely N-dealkylation sites (tertiary alicyclic amines) is 1. The molecular formula is C17H13BrN2O3. The molecule has 1 amide bonds. The number of pyridine rings is 1. The van der Waals surface area contributed by atoms with E-state index in [1.54, 1.807) is 17.0 Å². The Balaban J connectivity index is 1.39. The van der Waals surface area contributed by atoms with Gasteiger partial charge in [0.25, 0.3) is 5.91 Å². The van der Waals surface area contributed by atoms with Crippen LogP contribution in [-0.4, -0.2) is 35.0 Å². The highest BCUT2D eigenvalue weighted by molar-refractivity contribution is 9.10. The fourth-order valence-electron chi connectivity index (χ4n) is 2.55. The zero-order valence-corrected chi connectivity index (χ0v) is 13.7. The van der Waals surface area contributed by atoms with Crippen LogP contribution in [0.3, 0.4) is 0 Å². The molecule has 0 aliphatic carbocycles. The van der Waals surface area contributed by atoms with Crippen molar-refractivity contribution in [2.24, 2.45) is 0 Å².